The van der Waals surface area contributed by atoms with Gasteiger partial charge in [0, 0.05) is 6.42 Å². The molecule has 0 aliphatic carbocycles. The molecule has 1 atom stereocenters. The monoisotopic (exact) mass is 257 g/mol. The van der Waals surface area contributed by atoms with E-state index in [0.29, 0.717) is 10.9 Å². The Morgan fingerprint density at radius 2 is 2.35 bits per heavy atom. The average molecular weight is 257 g/mol. The lowest BCUT2D eigenvalue weighted by molar-refractivity contribution is -0.136. The molecule has 0 fully saturated rings. The molecule has 0 unspecified atom stereocenters. The molecule has 17 heavy (non-hydrogen) atoms. The third kappa shape index (κ3) is 2.32. The van der Waals surface area contributed by atoms with E-state index in [0.717, 1.165) is 0 Å². The molecule has 1 aliphatic heterocycles. The maximum absolute atomic E-state index is 11.5. The van der Waals surface area contributed by atoms with Crippen molar-refractivity contribution in [3.05, 3.63) is 16.0 Å². The average Bonchev–Trinajstić information content (AvgIpc) is 2.51. The van der Waals surface area contributed by atoms with Crippen molar-refractivity contribution in [2.24, 2.45) is 0 Å². The zero-order valence-electron chi connectivity index (χ0n) is 9.08. The highest BCUT2D eigenvalue weighted by Gasteiger charge is 2.34. The highest BCUT2D eigenvalue weighted by atomic mass is 32.2. The van der Waals surface area contributed by atoms with Gasteiger partial charge >= 0.3 is 5.97 Å². The van der Waals surface area contributed by atoms with E-state index in [1.54, 1.807) is 6.92 Å². The number of aliphatic hydroxyl groups is 1. The number of hydrogen-bond donors (Lipinski definition) is 2. The molecular weight excluding hydrogens is 246 g/mol. The highest BCUT2D eigenvalue weighted by molar-refractivity contribution is 7.99. The lowest BCUT2D eigenvalue weighted by atomic mass is 10.2. The molecule has 7 nitrogen and oxygen atoms in total. The van der Waals surface area contributed by atoms with Crippen LogP contribution in [0.5, 0.6) is 0 Å². The Hall–Kier alpha value is -1.41. The number of carboxylic acid groups (broad SMARTS) is 1. The van der Waals surface area contributed by atoms with Crippen LogP contribution in [0, 0.1) is 0 Å². The molecule has 0 saturated carbocycles. The van der Waals surface area contributed by atoms with Gasteiger partial charge < -0.3 is 10.2 Å². The third-order valence-electron chi connectivity index (χ3n) is 2.35. The van der Waals surface area contributed by atoms with Gasteiger partial charge in [0.05, 0.1) is 12.2 Å². The van der Waals surface area contributed by atoms with Crippen LogP contribution in [0.3, 0.4) is 0 Å². The summed E-state index contributed by atoms with van der Waals surface area (Å²) < 4.78 is 1.27. The van der Waals surface area contributed by atoms with Gasteiger partial charge in [0.25, 0.3) is 5.56 Å². The van der Waals surface area contributed by atoms with Crippen LogP contribution in [-0.4, -0.2) is 36.7 Å². The van der Waals surface area contributed by atoms with Crippen LogP contribution in [0.4, 0.5) is 0 Å². The summed E-state index contributed by atoms with van der Waals surface area (Å²) in [7, 11) is 0. The maximum Gasteiger partial charge on any atom is 0.303 e. The predicted molar refractivity (Wildman–Crippen MR) is 58.8 cm³/mol. The Morgan fingerprint density at radius 3 is 3.00 bits per heavy atom. The molecule has 2 N–H and O–H groups in total. The van der Waals surface area contributed by atoms with E-state index in [9.17, 15) is 14.7 Å². The first-order valence-electron chi connectivity index (χ1n) is 4.98. The number of hydrogen-bond acceptors (Lipinski definition) is 6. The number of fused-ring (bicyclic) bond motifs is 1. The van der Waals surface area contributed by atoms with Gasteiger partial charge in [0.15, 0.2) is 10.9 Å². The number of rotatable bonds is 3. The van der Waals surface area contributed by atoms with Crippen molar-refractivity contribution < 1.29 is 15.0 Å². The Kier molecular flexibility index (Phi) is 2.92. The van der Waals surface area contributed by atoms with Crippen LogP contribution >= 0.6 is 11.8 Å². The summed E-state index contributed by atoms with van der Waals surface area (Å²) in [5, 5.41) is 22.9. The minimum absolute atomic E-state index is 0.0161. The number of aliphatic carboxylic acids is 1. The smallest absolute Gasteiger partial charge is 0.303 e. The van der Waals surface area contributed by atoms with Crippen LogP contribution in [-0.2, 0) is 16.9 Å². The van der Waals surface area contributed by atoms with E-state index in [4.69, 9.17) is 5.11 Å². The van der Waals surface area contributed by atoms with E-state index in [1.807, 2.05) is 0 Å². The Bertz CT molecular complexity index is 525. The molecule has 0 amide bonds. The van der Waals surface area contributed by atoms with Gasteiger partial charge in [0.2, 0.25) is 0 Å². The van der Waals surface area contributed by atoms with Gasteiger partial charge in [-0.1, -0.05) is 11.8 Å². The fraction of sp³-hybridized carbons (Fsp3) is 0.556. The van der Waals surface area contributed by atoms with Gasteiger partial charge in [0.1, 0.15) is 5.69 Å². The first-order chi connectivity index (χ1) is 7.90. The zero-order valence-corrected chi connectivity index (χ0v) is 9.90. The van der Waals surface area contributed by atoms with Crippen molar-refractivity contribution in [1.82, 2.24) is 14.8 Å². The summed E-state index contributed by atoms with van der Waals surface area (Å²) in [4.78, 5) is 25.7. The second kappa shape index (κ2) is 4.11. The van der Waals surface area contributed by atoms with Crippen molar-refractivity contribution in [1.29, 1.82) is 0 Å². The second-order valence-electron chi connectivity index (χ2n) is 3.96. The Labute approximate surface area is 100 Å². The van der Waals surface area contributed by atoms with Gasteiger partial charge in [-0.3, -0.25) is 9.59 Å². The van der Waals surface area contributed by atoms with Crippen molar-refractivity contribution in [2.45, 2.75) is 30.6 Å². The maximum atomic E-state index is 11.5. The Balaban J connectivity index is 2.36. The lowest BCUT2D eigenvalue weighted by Gasteiger charge is -2.18. The van der Waals surface area contributed by atoms with Crippen LogP contribution in [0.15, 0.2) is 9.95 Å². The van der Waals surface area contributed by atoms with Gasteiger partial charge in [-0.2, -0.15) is 10.1 Å². The summed E-state index contributed by atoms with van der Waals surface area (Å²) in [5.41, 5.74) is -1.64. The van der Waals surface area contributed by atoms with Gasteiger partial charge in [-0.25, -0.2) is 4.68 Å². The van der Waals surface area contributed by atoms with Gasteiger partial charge in [-0.05, 0) is 6.92 Å². The number of carboxylic acids is 1. The molecule has 0 aromatic carbocycles. The largest absolute Gasteiger partial charge is 0.481 e. The molecular formula is C9H11N3O4S. The number of carbonyl (C=O) groups is 1. The number of aryl methyl sites for hydroxylation is 1. The minimum Gasteiger partial charge on any atom is -0.481 e. The molecule has 0 saturated heterocycles. The van der Waals surface area contributed by atoms with Crippen LogP contribution < -0.4 is 5.56 Å². The number of nitrogens with zero attached hydrogens (tertiary/aromatic N) is 3. The van der Waals surface area contributed by atoms with Crippen molar-refractivity contribution in [3.63, 3.8) is 0 Å². The SMILES string of the molecule is C[C@@]1(O)CSc2nc(=O)c(CCC(=O)O)nn21. The topological polar surface area (TPSA) is 105 Å². The fourth-order valence-electron chi connectivity index (χ4n) is 1.46. The molecule has 2 rings (SSSR count). The highest BCUT2D eigenvalue weighted by Crippen LogP contribution is 2.32. The predicted octanol–water partition coefficient (Wildman–Crippen LogP) is -0.574. The van der Waals surface area contributed by atoms with E-state index in [-0.39, 0.29) is 18.5 Å². The van der Waals surface area contributed by atoms with Crippen molar-refractivity contribution in [2.75, 3.05) is 5.75 Å². The molecule has 1 aliphatic rings. The standard InChI is InChI=1S/C9H11N3O4S/c1-9(16)4-17-8-10-7(15)5(11-12(8)9)2-3-6(13)14/h16H,2-4H2,1H3,(H,13,14)/t9-/m1/s1. The zero-order chi connectivity index (χ0) is 12.6. The van der Waals surface area contributed by atoms with Crippen molar-refractivity contribution in [3.8, 4) is 0 Å². The molecule has 1 aromatic heterocycles. The molecule has 0 radical (unpaired) electrons. The van der Waals surface area contributed by atoms with Crippen LogP contribution in [0.2, 0.25) is 0 Å². The molecule has 1 aromatic rings. The van der Waals surface area contributed by atoms with Gasteiger partial charge in [-0.15, -0.1) is 0 Å². The normalized spacial score (nSPS) is 22.5. The third-order valence-corrected chi connectivity index (χ3v) is 3.57. The quantitative estimate of drug-likeness (QED) is 0.746. The van der Waals surface area contributed by atoms with Crippen molar-refractivity contribution >= 4 is 17.7 Å². The molecule has 8 heteroatoms. The molecule has 2 heterocycles. The number of aromatic nitrogens is 3. The summed E-state index contributed by atoms with van der Waals surface area (Å²) in [6, 6.07) is 0. The summed E-state index contributed by atoms with van der Waals surface area (Å²) in [6.07, 6.45) is -0.166. The Morgan fingerprint density at radius 1 is 1.65 bits per heavy atom. The molecule has 92 valence electrons. The number of thioether (sulfide) groups is 1. The van der Waals surface area contributed by atoms with Crippen LogP contribution in [0.25, 0.3) is 0 Å². The van der Waals surface area contributed by atoms with E-state index in [1.165, 1.54) is 16.4 Å². The van der Waals surface area contributed by atoms with E-state index >= 15 is 0 Å². The molecule has 0 spiro atoms. The van der Waals surface area contributed by atoms with E-state index < -0.39 is 17.3 Å². The van der Waals surface area contributed by atoms with E-state index in [2.05, 4.69) is 10.1 Å². The first-order valence-corrected chi connectivity index (χ1v) is 5.96. The molecule has 0 bridgehead atoms. The second-order valence-corrected chi connectivity index (χ2v) is 4.90. The van der Waals surface area contributed by atoms with Crippen LogP contribution in [0.1, 0.15) is 19.0 Å². The fourth-order valence-corrected chi connectivity index (χ4v) is 2.49. The summed E-state index contributed by atoms with van der Waals surface area (Å²) in [6.45, 7) is 1.57. The summed E-state index contributed by atoms with van der Waals surface area (Å²) >= 11 is 1.25. The first kappa shape index (κ1) is 12.1. The minimum atomic E-state index is -1.18. The summed E-state index contributed by atoms with van der Waals surface area (Å²) in [5.74, 6) is -0.632. The lowest BCUT2D eigenvalue weighted by Crippen LogP contribution is -2.34.